The predicted molar refractivity (Wildman–Crippen MR) is 144 cm³/mol. The summed E-state index contributed by atoms with van der Waals surface area (Å²) in [5, 5.41) is 3.40. The topological polar surface area (TPSA) is 106 Å². The van der Waals surface area contributed by atoms with Gasteiger partial charge < -0.3 is 19.6 Å². The number of aromatic nitrogens is 7. The molecule has 1 fully saturated rings. The Hall–Kier alpha value is -4.55. The quantitative estimate of drug-likeness (QED) is 0.206. The third kappa shape index (κ3) is 5.07. The van der Waals surface area contributed by atoms with E-state index in [0.717, 1.165) is 30.3 Å². The van der Waals surface area contributed by atoms with Gasteiger partial charge in [-0.05, 0) is 32.3 Å². The van der Waals surface area contributed by atoms with Crippen LogP contribution in [0, 0.1) is 5.82 Å². The zero-order chi connectivity index (χ0) is 28.9. The number of nitrogens with one attached hydrogen (secondary N) is 2. The number of fused-ring (bicyclic) bond motifs is 1. The Bertz CT molecular complexity index is 1720. The van der Waals surface area contributed by atoms with Gasteiger partial charge in [0.15, 0.2) is 17.3 Å². The smallest absolute Gasteiger partial charge is 0.434 e. The number of alkyl halides is 3. The minimum absolute atomic E-state index is 0.202. The molecule has 0 amide bonds. The molecule has 41 heavy (non-hydrogen) atoms. The van der Waals surface area contributed by atoms with Gasteiger partial charge in [-0.2, -0.15) is 13.2 Å². The Morgan fingerprint density at radius 2 is 1.85 bits per heavy atom. The molecule has 0 aliphatic heterocycles. The van der Waals surface area contributed by atoms with Crippen LogP contribution in [0.25, 0.3) is 33.8 Å². The highest BCUT2D eigenvalue weighted by atomic mass is 19.4. The number of ether oxygens (including phenoxy) is 1. The summed E-state index contributed by atoms with van der Waals surface area (Å²) in [6.07, 6.45) is 1.13. The highest BCUT2D eigenvalue weighted by molar-refractivity contribution is 5.90. The number of hydrogen-bond acceptors (Lipinski definition) is 7. The summed E-state index contributed by atoms with van der Waals surface area (Å²) < 4.78 is 61.7. The van der Waals surface area contributed by atoms with Crippen molar-refractivity contribution in [3.63, 3.8) is 0 Å². The number of methoxy groups -OCH3 is 1. The molecule has 0 radical (unpaired) electrons. The summed E-state index contributed by atoms with van der Waals surface area (Å²) in [6, 6.07) is 6.77. The van der Waals surface area contributed by atoms with Gasteiger partial charge in [0.2, 0.25) is 5.88 Å². The number of anilines is 1. The second-order valence-corrected chi connectivity index (χ2v) is 10.2. The Morgan fingerprint density at radius 1 is 1.10 bits per heavy atom. The lowest BCUT2D eigenvalue weighted by Gasteiger charge is -2.14. The summed E-state index contributed by atoms with van der Waals surface area (Å²) in [5.41, 5.74) is 2.08. The molecule has 1 aliphatic rings. The number of nitrogens with zero attached hydrogens (tertiary/aromatic N) is 6. The van der Waals surface area contributed by atoms with Crippen molar-refractivity contribution in [3.8, 4) is 28.7 Å². The average Bonchev–Trinajstić information content (AvgIpc) is 3.58. The van der Waals surface area contributed by atoms with Crippen molar-refractivity contribution in [2.45, 2.75) is 51.4 Å². The monoisotopic (exact) mass is 566 g/mol. The second-order valence-electron chi connectivity index (χ2n) is 10.2. The highest BCUT2D eigenvalue weighted by Gasteiger charge is 2.35. The summed E-state index contributed by atoms with van der Waals surface area (Å²) in [5.74, 6) is 0.888. The Morgan fingerprint density at radius 3 is 2.51 bits per heavy atom. The molecule has 13 heteroatoms. The van der Waals surface area contributed by atoms with Crippen LogP contribution in [0.1, 0.15) is 55.6 Å². The van der Waals surface area contributed by atoms with Gasteiger partial charge >= 0.3 is 6.18 Å². The summed E-state index contributed by atoms with van der Waals surface area (Å²) in [6.45, 7) is 3.86. The van der Waals surface area contributed by atoms with E-state index in [9.17, 15) is 17.6 Å². The van der Waals surface area contributed by atoms with Crippen molar-refractivity contribution < 1.29 is 22.3 Å². The number of benzene rings is 1. The van der Waals surface area contributed by atoms with E-state index in [0.29, 0.717) is 28.5 Å². The fourth-order valence-electron chi connectivity index (χ4n) is 4.74. The molecule has 1 saturated carbocycles. The van der Waals surface area contributed by atoms with Gasteiger partial charge in [-0.1, -0.05) is 24.3 Å². The predicted octanol–water partition coefficient (Wildman–Crippen LogP) is 6.52. The summed E-state index contributed by atoms with van der Waals surface area (Å²) in [7, 11) is 1.51. The van der Waals surface area contributed by atoms with Crippen LogP contribution in [0.15, 0.2) is 43.0 Å². The van der Waals surface area contributed by atoms with Crippen LogP contribution in [-0.4, -0.2) is 41.6 Å². The van der Waals surface area contributed by atoms with Crippen LogP contribution in [0.2, 0.25) is 0 Å². The van der Waals surface area contributed by atoms with E-state index in [1.807, 2.05) is 0 Å². The SMILES string of the molecule is COc1ncnc(C2CC2)c1-c1nc(NCc2ccc(-c3nc(C(F)(F)F)cn3C(C)C)cc2)c2c(F)c[nH]c2n1. The molecule has 1 aliphatic carbocycles. The molecule has 0 unspecified atom stereocenters. The number of halogens is 4. The third-order valence-electron chi connectivity index (χ3n) is 6.96. The van der Waals surface area contributed by atoms with Crippen LogP contribution < -0.4 is 10.1 Å². The fraction of sp³-hybridized carbons (Fsp3) is 0.321. The molecule has 0 bridgehead atoms. The molecule has 6 rings (SSSR count). The fourth-order valence-corrected chi connectivity index (χ4v) is 4.74. The Labute approximate surface area is 232 Å². The van der Waals surface area contributed by atoms with Crippen molar-refractivity contribution in [2.75, 3.05) is 12.4 Å². The lowest BCUT2D eigenvalue weighted by molar-refractivity contribution is -0.140. The Kier molecular flexibility index (Phi) is 6.59. The maximum absolute atomic E-state index is 14.8. The highest BCUT2D eigenvalue weighted by Crippen LogP contribution is 2.45. The first-order valence-corrected chi connectivity index (χ1v) is 13.1. The number of imidazole rings is 1. The average molecular weight is 567 g/mol. The molecule has 1 aromatic carbocycles. The van der Waals surface area contributed by atoms with Crippen LogP contribution in [0.4, 0.5) is 23.4 Å². The molecule has 212 valence electrons. The van der Waals surface area contributed by atoms with E-state index in [4.69, 9.17) is 4.74 Å². The molecule has 4 aromatic heterocycles. The first-order valence-electron chi connectivity index (χ1n) is 13.1. The molecule has 9 nitrogen and oxygen atoms in total. The van der Waals surface area contributed by atoms with Crippen molar-refractivity contribution in [3.05, 3.63) is 65.8 Å². The van der Waals surface area contributed by atoms with Gasteiger partial charge in [0.05, 0.1) is 18.2 Å². The molecule has 0 spiro atoms. The minimum atomic E-state index is -4.54. The van der Waals surface area contributed by atoms with Gasteiger partial charge in [0.25, 0.3) is 0 Å². The van der Waals surface area contributed by atoms with Crippen LogP contribution >= 0.6 is 0 Å². The molecule has 2 N–H and O–H groups in total. The number of hydrogen-bond donors (Lipinski definition) is 2. The van der Waals surface area contributed by atoms with Gasteiger partial charge in [0, 0.05) is 36.5 Å². The third-order valence-corrected chi connectivity index (χ3v) is 6.96. The maximum Gasteiger partial charge on any atom is 0.434 e. The normalized spacial score (nSPS) is 13.8. The molecule has 0 atom stereocenters. The first-order chi connectivity index (χ1) is 19.6. The molecule has 0 saturated heterocycles. The van der Waals surface area contributed by atoms with Crippen LogP contribution in [-0.2, 0) is 12.7 Å². The molecule has 5 aromatic rings. The largest absolute Gasteiger partial charge is 0.480 e. The summed E-state index contributed by atoms with van der Waals surface area (Å²) >= 11 is 0. The van der Waals surface area contributed by atoms with Gasteiger partial charge in [0.1, 0.15) is 29.2 Å². The van der Waals surface area contributed by atoms with Crippen molar-refractivity contribution >= 4 is 16.9 Å². The molecular formula is C28H26F4N8O. The van der Waals surface area contributed by atoms with Crippen LogP contribution in [0.5, 0.6) is 5.88 Å². The molecular weight excluding hydrogens is 540 g/mol. The van der Waals surface area contributed by atoms with Crippen molar-refractivity contribution in [1.82, 2.24) is 34.5 Å². The first kappa shape index (κ1) is 26.7. The van der Waals surface area contributed by atoms with Crippen LogP contribution in [0.3, 0.4) is 0 Å². The van der Waals surface area contributed by atoms with E-state index in [1.165, 1.54) is 24.2 Å². The van der Waals surface area contributed by atoms with E-state index in [1.54, 1.807) is 38.1 Å². The number of aromatic amines is 1. The van der Waals surface area contributed by atoms with E-state index >= 15 is 0 Å². The second kappa shape index (κ2) is 10.1. The molecule has 4 heterocycles. The van der Waals surface area contributed by atoms with Crippen molar-refractivity contribution in [1.29, 1.82) is 0 Å². The lowest BCUT2D eigenvalue weighted by Crippen LogP contribution is -2.07. The standard InChI is InChI=1S/C28H26F4N8O/c1-14(2)40-12-19(28(30,31)32)37-26(40)17-6-4-15(5-7-17)10-33-23-20-18(29)11-34-24(20)39-25(38-23)21-22(16-8-9-16)35-13-36-27(21)41-3/h4-7,11-14,16H,8-10H2,1-3H3,(H2,33,34,38,39). The minimum Gasteiger partial charge on any atom is -0.480 e. The number of H-pyrrole nitrogens is 1. The lowest BCUT2D eigenvalue weighted by atomic mass is 10.1. The van der Waals surface area contributed by atoms with Gasteiger partial charge in [-0.3, -0.25) is 0 Å². The van der Waals surface area contributed by atoms with Gasteiger partial charge in [-0.15, -0.1) is 0 Å². The van der Waals surface area contributed by atoms with Gasteiger partial charge in [-0.25, -0.2) is 29.3 Å². The zero-order valence-electron chi connectivity index (χ0n) is 22.4. The van der Waals surface area contributed by atoms with E-state index < -0.39 is 17.7 Å². The summed E-state index contributed by atoms with van der Waals surface area (Å²) in [4.78, 5) is 24.6. The number of rotatable bonds is 8. The zero-order valence-corrected chi connectivity index (χ0v) is 22.4. The van der Waals surface area contributed by atoms with Crippen molar-refractivity contribution in [2.24, 2.45) is 0 Å². The van der Waals surface area contributed by atoms with E-state index in [2.05, 4.69) is 35.2 Å². The Balaban J connectivity index is 1.31. The maximum atomic E-state index is 14.8. The van der Waals surface area contributed by atoms with E-state index in [-0.39, 0.29) is 35.5 Å².